The molecule has 16 heavy (non-hydrogen) atoms. The fraction of sp³-hybridized carbons (Fsp3) is 0.250. The molecule has 2 aromatic heterocycles. The molecule has 0 amide bonds. The molecule has 1 atom stereocenters. The lowest BCUT2D eigenvalue weighted by Gasteiger charge is -2.04. The van der Waals surface area contributed by atoms with Crippen LogP contribution in [-0.2, 0) is 5.75 Å². The van der Waals surface area contributed by atoms with Gasteiger partial charge in [-0.3, -0.25) is 4.98 Å². The fourth-order valence-corrected chi connectivity index (χ4v) is 2.04. The first kappa shape index (κ1) is 11.2. The van der Waals surface area contributed by atoms with Crippen LogP contribution in [0.1, 0.15) is 24.5 Å². The Bertz CT molecular complexity index is 423. The maximum atomic E-state index is 9.31. The monoisotopic (exact) mass is 235 g/mol. The van der Waals surface area contributed by atoms with Crippen molar-refractivity contribution in [1.82, 2.24) is 4.98 Å². The van der Waals surface area contributed by atoms with Crippen LogP contribution >= 0.6 is 11.8 Å². The highest BCUT2D eigenvalue weighted by Gasteiger charge is 2.03. The number of aromatic nitrogens is 1. The van der Waals surface area contributed by atoms with E-state index in [-0.39, 0.29) is 0 Å². The summed E-state index contributed by atoms with van der Waals surface area (Å²) in [5, 5.41) is 9.31. The number of furan rings is 1. The van der Waals surface area contributed by atoms with E-state index in [2.05, 4.69) is 4.98 Å². The molecule has 0 aliphatic heterocycles. The van der Waals surface area contributed by atoms with Crippen molar-refractivity contribution >= 4 is 11.8 Å². The maximum absolute atomic E-state index is 9.31. The molecule has 0 saturated heterocycles. The molecule has 4 heteroatoms. The molecule has 2 heterocycles. The van der Waals surface area contributed by atoms with Gasteiger partial charge in [-0.1, -0.05) is 0 Å². The lowest BCUT2D eigenvalue weighted by molar-refractivity contribution is 0.194. The molecular formula is C12H13NO2S. The van der Waals surface area contributed by atoms with Gasteiger partial charge in [-0.2, -0.15) is 0 Å². The third-order valence-electron chi connectivity index (χ3n) is 2.15. The summed E-state index contributed by atoms with van der Waals surface area (Å²) < 4.78 is 5.24. The van der Waals surface area contributed by atoms with E-state index in [1.165, 1.54) is 0 Å². The standard InChI is InChI=1S/C12H13NO2S/c1-9(14)12-5-4-11(7-13-12)16-8-10-3-2-6-15-10/h2-7,9,14H,8H2,1H3/t9-/m0/s1. The van der Waals surface area contributed by atoms with Gasteiger partial charge in [-0.25, -0.2) is 0 Å². The molecule has 0 radical (unpaired) electrons. The summed E-state index contributed by atoms with van der Waals surface area (Å²) >= 11 is 1.66. The lowest BCUT2D eigenvalue weighted by atomic mass is 10.2. The molecule has 0 aliphatic rings. The highest BCUT2D eigenvalue weighted by Crippen LogP contribution is 2.23. The minimum Gasteiger partial charge on any atom is -0.468 e. The average Bonchev–Trinajstić information content (AvgIpc) is 2.80. The van der Waals surface area contributed by atoms with Gasteiger partial charge in [0.25, 0.3) is 0 Å². The van der Waals surface area contributed by atoms with Gasteiger partial charge in [0.2, 0.25) is 0 Å². The van der Waals surface area contributed by atoms with E-state index in [1.807, 2.05) is 24.3 Å². The molecule has 0 bridgehead atoms. The van der Waals surface area contributed by atoms with E-state index < -0.39 is 6.10 Å². The highest BCUT2D eigenvalue weighted by atomic mass is 32.2. The Balaban J connectivity index is 1.95. The molecule has 0 aliphatic carbocycles. The van der Waals surface area contributed by atoms with Crippen molar-refractivity contribution < 1.29 is 9.52 Å². The topological polar surface area (TPSA) is 46.3 Å². The molecule has 0 unspecified atom stereocenters. The number of aliphatic hydroxyl groups excluding tert-OH is 1. The molecular weight excluding hydrogens is 222 g/mol. The Morgan fingerprint density at radius 2 is 2.31 bits per heavy atom. The predicted octanol–water partition coefficient (Wildman–Crippen LogP) is 3.02. The van der Waals surface area contributed by atoms with Gasteiger partial charge in [-0.15, -0.1) is 11.8 Å². The van der Waals surface area contributed by atoms with Gasteiger partial charge in [0, 0.05) is 11.1 Å². The molecule has 84 valence electrons. The number of nitrogens with zero attached hydrogens (tertiary/aromatic N) is 1. The second kappa shape index (κ2) is 5.18. The quantitative estimate of drug-likeness (QED) is 0.827. The van der Waals surface area contributed by atoms with Gasteiger partial charge in [0.1, 0.15) is 5.76 Å². The Morgan fingerprint density at radius 1 is 1.44 bits per heavy atom. The Kier molecular flexibility index (Phi) is 3.64. The summed E-state index contributed by atoms with van der Waals surface area (Å²) in [6.07, 6.45) is 2.93. The van der Waals surface area contributed by atoms with E-state index >= 15 is 0 Å². The van der Waals surface area contributed by atoms with Crippen molar-refractivity contribution in [3.05, 3.63) is 48.2 Å². The molecule has 3 nitrogen and oxygen atoms in total. The molecule has 0 aromatic carbocycles. The fourth-order valence-electron chi connectivity index (χ4n) is 1.27. The summed E-state index contributed by atoms with van der Waals surface area (Å²) in [6.45, 7) is 1.71. The predicted molar refractivity (Wildman–Crippen MR) is 63.1 cm³/mol. The van der Waals surface area contributed by atoms with Crippen LogP contribution < -0.4 is 0 Å². The minimum absolute atomic E-state index is 0.510. The van der Waals surface area contributed by atoms with Gasteiger partial charge < -0.3 is 9.52 Å². The van der Waals surface area contributed by atoms with Crippen LogP contribution in [0, 0.1) is 0 Å². The zero-order valence-corrected chi connectivity index (χ0v) is 9.78. The minimum atomic E-state index is -0.510. The van der Waals surface area contributed by atoms with E-state index in [0.29, 0.717) is 5.69 Å². The van der Waals surface area contributed by atoms with Gasteiger partial charge in [0.15, 0.2) is 0 Å². The van der Waals surface area contributed by atoms with E-state index in [0.717, 1.165) is 16.4 Å². The van der Waals surface area contributed by atoms with Crippen molar-refractivity contribution in [2.24, 2.45) is 0 Å². The summed E-state index contributed by atoms with van der Waals surface area (Å²) in [4.78, 5) is 5.25. The van der Waals surface area contributed by atoms with Crippen LogP contribution in [0.5, 0.6) is 0 Å². The highest BCUT2D eigenvalue weighted by molar-refractivity contribution is 7.98. The average molecular weight is 235 g/mol. The van der Waals surface area contributed by atoms with Crippen molar-refractivity contribution in [3.63, 3.8) is 0 Å². The van der Waals surface area contributed by atoms with E-state index in [1.54, 1.807) is 31.1 Å². The number of aliphatic hydroxyl groups is 1. The van der Waals surface area contributed by atoms with Crippen LogP contribution in [-0.4, -0.2) is 10.1 Å². The number of hydrogen-bond donors (Lipinski definition) is 1. The van der Waals surface area contributed by atoms with Crippen LogP contribution in [0.2, 0.25) is 0 Å². The number of hydrogen-bond acceptors (Lipinski definition) is 4. The third-order valence-corrected chi connectivity index (χ3v) is 3.15. The first-order valence-electron chi connectivity index (χ1n) is 5.05. The van der Waals surface area contributed by atoms with Crippen LogP contribution in [0.15, 0.2) is 46.0 Å². The van der Waals surface area contributed by atoms with E-state index in [9.17, 15) is 5.11 Å². The molecule has 2 rings (SSSR count). The van der Waals surface area contributed by atoms with Gasteiger partial charge >= 0.3 is 0 Å². The first-order valence-corrected chi connectivity index (χ1v) is 6.03. The van der Waals surface area contributed by atoms with Crippen LogP contribution in [0.4, 0.5) is 0 Å². The molecule has 0 saturated carbocycles. The molecule has 0 fully saturated rings. The van der Waals surface area contributed by atoms with Crippen molar-refractivity contribution in [2.75, 3.05) is 0 Å². The first-order chi connectivity index (χ1) is 7.75. The Morgan fingerprint density at radius 3 is 2.88 bits per heavy atom. The summed E-state index contributed by atoms with van der Waals surface area (Å²) in [6, 6.07) is 7.63. The smallest absolute Gasteiger partial charge is 0.113 e. The Hall–Kier alpha value is -1.26. The molecule has 0 spiro atoms. The zero-order valence-electron chi connectivity index (χ0n) is 8.96. The summed E-state index contributed by atoms with van der Waals surface area (Å²) in [7, 11) is 0. The van der Waals surface area contributed by atoms with Crippen molar-refractivity contribution in [3.8, 4) is 0 Å². The number of thioether (sulfide) groups is 1. The Labute approximate surface area is 98.5 Å². The number of rotatable bonds is 4. The number of pyridine rings is 1. The summed E-state index contributed by atoms with van der Waals surface area (Å²) in [5.74, 6) is 1.74. The van der Waals surface area contributed by atoms with Gasteiger partial charge in [-0.05, 0) is 31.2 Å². The largest absolute Gasteiger partial charge is 0.468 e. The second-order valence-corrected chi connectivity index (χ2v) is 4.51. The van der Waals surface area contributed by atoms with Crippen LogP contribution in [0.25, 0.3) is 0 Å². The SMILES string of the molecule is C[C@H](O)c1ccc(SCc2ccco2)cn1. The van der Waals surface area contributed by atoms with Crippen molar-refractivity contribution in [1.29, 1.82) is 0 Å². The molecule has 2 aromatic rings. The molecule has 1 N–H and O–H groups in total. The van der Waals surface area contributed by atoms with Gasteiger partial charge in [0.05, 0.1) is 23.8 Å². The van der Waals surface area contributed by atoms with Crippen LogP contribution in [0.3, 0.4) is 0 Å². The normalized spacial score (nSPS) is 12.6. The lowest BCUT2D eigenvalue weighted by Crippen LogP contribution is -1.94. The second-order valence-electron chi connectivity index (χ2n) is 3.46. The maximum Gasteiger partial charge on any atom is 0.113 e. The summed E-state index contributed by atoms with van der Waals surface area (Å²) in [5.41, 5.74) is 0.697. The van der Waals surface area contributed by atoms with E-state index in [4.69, 9.17) is 4.42 Å². The van der Waals surface area contributed by atoms with Crippen molar-refractivity contribution in [2.45, 2.75) is 23.7 Å². The zero-order chi connectivity index (χ0) is 11.4. The third kappa shape index (κ3) is 2.87.